The maximum atomic E-state index is 12.6. The first kappa shape index (κ1) is 15.7. The number of hydrogen-bond donors (Lipinski definition) is 1. The van der Waals surface area contributed by atoms with E-state index in [0.717, 1.165) is 34.5 Å². The molecule has 4 aliphatic carbocycles. The molecule has 4 fully saturated rings. The van der Waals surface area contributed by atoms with Crippen molar-refractivity contribution < 1.29 is 4.79 Å². The predicted octanol–water partition coefficient (Wildman–Crippen LogP) is 3.85. The third kappa shape index (κ3) is 2.86. The van der Waals surface area contributed by atoms with Crippen molar-refractivity contribution in [1.82, 2.24) is 15.1 Å². The lowest BCUT2D eigenvalue weighted by molar-refractivity contribution is -0.126. The fraction of sp³-hybridized carbons (Fsp3) is 0.778. The van der Waals surface area contributed by atoms with Crippen molar-refractivity contribution in [2.24, 2.45) is 23.2 Å². The molecule has 4 saturated carbocycles. The zero-order valence-electron chi connectivity index (χ0n) is 14.0. The fourth-order valence-corrected chi connectivity index (χ4v) is 6.00. The van der Waals surface area contributed by atoms with Crippen LogP contribution >= 0.6 is 15.9 Å². The van der Waals surface area contributed by atoms with E-state index in [0.29, 0.717) is 5.41 Å². The van der Waals surface area contributed by atoms with Crippen LogP contribution < -0.4 is 5.32 Å². The minimum Gasteiger partial charge on any atom is -0.354 e. The van der Waals surface area contributed by atoms with Gasteiger partial charge in [0.1, 0.15) is 6.04 Å². The van der Waals surface area contributed by atoms with Crippen molar-refractivity contribution in [2.45, 2.75) is 58.4 Å². The first-order valence-corrected chi connectivity index (χ1v) is 9.72. The Labute approximate surface area is 146 Å². The second-order valence-electron chi connectivity index (χ2n) is 8.35. The number of halogens is 1. The molecule has 0 spiro atoms. The molecule has 4 bridgehead atoms. The van der Waals surface area contributed by atoms with Crippen molar-refractivity contribution in [1.29, 1.82) is 0 Å². The Bertz CT molecular complexity index is 569. The summed E-state index contributed by atoms with van der Waals surface area (Å²) >= 11 is 3.47. The molecule has 0 aliphatic heterocycles. The minimum absolute atomic E-state index is 0.0933. The zero-order valence-corrected chi connectivity index (χ0v) is 15.6. The van der Waals surface area contributed by atoms with Crippen LogP contribution in [0.25, 0.3) is 0 Å². The highest BCUT2D eigenvalue weighted by molar-refractivity contribution is 9.10. The predicted molar refractivity (Wildman–Crippen MR) is 93.0 cm³/mol. The van der Waals surface area contributed by atoms with Crippen LogP contribution in [0.5, 0.6) is 0 Å². The topological polar surface area (TPSA) is 46.9 Å². The van der Waals surface area contributed by atoms with Crippen LogP contribution in [-0.4, -0.2) is 22.2 Å². The molecule has 23 heavy (non-hydrogen) atoms. The van der Waals surface area contributed by atoms with Gasteiger partial charge in [-0.25, -0.2) is 0 Å². The molecule has 126 valence electrons. The van der Waals surface area contributed by atoms with E-state index in [1.807, 2.05) is 20.0 Å². The molecule has 1 aromatic rings. The summed E-state index contributed by atoms with van der Waals surface area (Å²) in [5.74, 6) is 2.89. The molecule has 4 aliphatic rings. The third-order valence-corrected chi connectivity index (χ3v) is 7.21. The molecule has 4 nitrogen and oxygen atoms in total. The standard InChI is InChI=1S/C18H26BrN3O/c1-11-16(19)9-22(21-11)12(2)17(23)20-10-18-6-13-3-14(7-18)5-15(4-13)8-18/h9,12-15H,3-8,10H2,1-2H3,(H,20,23)/t12-,13?,14?,15?,18?/m0/s1. The van der Waals surface area contributed by atoms with E-state index in [2.05, 4.69) is 26.3 Å². The van der Waals surface area contributed by atoms with Crippen LogP contribution in [0.15, 0.2) is 10.7 Å². The van der Waals surface area contributed by atoms with Crippen LogP contribution in [0.1, 0.15) is 57.2 Å². The quantitative estimate of drug-likeness (QED) is 0.863. The highest BCUT2D eigenvalue weighted by Gasteiger charge is 2.50. The van der Waals surface area contributed by atoms with Crippen LogP contribution in [0.4, 0.5) is 0 Å². The Balaban J connectivity index is 1.40. The van der Waals surface area contributed by atoms with Gasteiger partial charge in [-0.15, -0.1) is 0 Å². The van der Waals surface area contributed by atoms with E-state index < -0.39 is 0 Å². The highest BCUT2D eigenvalue weighted by Crippen LogP contribution is 2.59. The smallest absolute Gasteiger partial charge is 0.244 e. The first-order valence-electron chi connectivity index (χ1n) is 8.93. The average molecular weight is 380 g/mol. The summed E-state index contributed by atoms with van der Waals surface area (Å²) in [4.78, 5) is 12.6. The van der Waals surface area contributed by atoms with E-state index in [1.54, 1.807) is 4.68 Å². The van der Waals surface area contributed by atoms with Crippen LogP contribution in [0, 0.1) is 30.1 Å². The number of carbonyl (C=O) groups is 1. The lowest BCUT2D eigenvalue weighted by atomic mass is 9.49. The molecule has 1 atom stereocenters. The van der Waals surface area contributed by atoms with Gasteiger partial charge in [0.2, 0.25) is 5.91 Å². The highest BCUT2D eigenvalue weighted by atomic mass is 79.9. The second kappa shape index (κ2) is 5.61. The van der Waals surface area contributed by atoms with E-state index in [4.69, 9.17) is 0 Å². The number of carbonyl (C=O) groups excluding carboxylic acids is 1. The van der Waals surface area contributed by atoms with Gasteiger partial charge >= 0.3 is 0 Å². The van der Waals surface area contributed by atoms with E-state index in [9.17, 15) is 4.79 Å². The molecule has 1 heterocycles. The Morgan fingerprint density at radius 3 is 2.39 bits per heavy atom. The number of aromatic nitrogens is 2. The Kier molecular flexibility index (Phi) is 3.82. The number of rotatable bonds is 4. The van der Waals surface area contributed by atoms with Crippen molar-refractivity contribution in [3.8, 4) is 0 Å². The maximum absolute atomic E-state index is 12.6. The minimum atomic E-state index is -0.256. The summed E-state index contributed by atoms with van der Waals surface area (Å²) in [6.07, 6.45) is 10.2. The number of amides is 1. The van der Waals surface area contributed by atoms with Crippen LogP contribution in [0.3, 0.4) is 0 Å². The normalized spacial score (nSPS) is 36.2. The van der Waals surface area contributed by atoms with E-state index in [-0.39, 0.29) is 11.9 Å². The van der Waals surface area contributed by atoms with Gasteiger partial charge in [0.25, 0.3) is 0 Å². The monoisotopic (exact) mass is 379 g/mol. The lowest BCUT2D eigenvalue weighted by Crippen LogP contribution is -2.51. The van der Waals surface area contributed by atoms with Gasteiger partial charge in [0, 0.05) is 12.7 Å². The molecular weight excluding hydrogens is 354 g/mol. The van der Waals surface area contributed by atoms with E-state index >= 15 is 0 Å². The van der Waals surface area contributed by atoms with Gasteiger partial charge in [-0.1, -0.05) is 0 Å². The summed E-state index contributed by atoms with van der Waals surface area (Å²) in [6, 6.07) is -0.256. The molecule has 0 radical (unpaired) electrons. The fourth-order valence-electron chi connectivity index (χ4n) is 5.71. The number of nitrogens with zero attached hydrogens (tertiary/aromatic N) is 2. The summed E-state index contributed by atoms with van der Waals surface area (Å²) in [6.45, 7) is 4.73. The van der Waals surface area contributed by atoms with E-state index in [1.165, 1.54) is 38.5 Å². The summed E-state index contributed by atoms with van der Waals surface area (Å²) in [5.41, 5.74) is 1.32. The zero-order chi connectivity index (χ0) is 16.2. The van der Waals surface area contributed by atoms with Gasteiger partial charge in [0.15, 0.2) is 0 Å². The van der Waals surface area contributed by atoms with Gasteiger partial charge in [-0.3, -0.25) is 9.48 Å². The number of nitrogens with one attached hydrogen (secondary N) is 1. The largest absolute Gasteiger partial charge is 0.354 e. The number of hydrogen-bond acceptors (Lipinski definition) is 2. The molecule has 1 N–H and O–H groups in total. The molecule has 1 aromatic heterocycles. The van der Waals surface area contributed by atoms with Crippen molar-refractivity contribution in [2.75, 3.05) is 6.54 Å². The van der Waals surface area contributed by atoms with Gasteiger partial charge < -0.3 is 5.32 Å². The van der Waals surface area contributed by atoms with Crippen LogP contribution in [-0.2, 0) is 4.79 Å². The molecule has 5 heteroatoms. The molecule has 0 aromatic carbocycles. The molecule has 5 rings (SSSR count). The van der Waals surface area contributed by atoms with Crippen molar-refractivity contribution >= 4 is 21.8 Å². The van der Waals surface area contributed by atoms with Crippen molar-refractivity contribution in [3.63, 3.8) is 0 Å². The third-order valence-electron chi connectivity index (χ3n) is 6.44. The lowest BCUT2D eigenvalue weighted by Gasteiger charge is -2.57. The molecule has 0 saturated heterocycles. The molecular formula is C18H26BrN3O. The maximum Gasteiger partial charge on any atom is 0.244 e. The van der Waals surface area contributed by atoms with Gasteiger partial charge in [-0.2, -0.15) is 5.10 Å². The first-order chi connectivity index (χ1) is 10.9. The van der Waals surface area contributed by atoms with Gasteiger partial charge in [0.05, 0.1) is 10.2 Å². The van der Waals surface area contributed by atoms with Crippen molar-refractivity contribution in [3.05, 3.63) is 16.4 Å². The SMILES string of the molecule is Cc1nn([C@@H](C)C(=O)NCC23CC4CC(CC(C4)C2)C3)cc1Br. The Hall–Kier alpha value is -0.840. The Morgan fingerprint density at radius 2 is 1.91 bits per heavy atom. The Morgan fingerprint density at radius 1 is 1.35 bits per heavy atom. The average Bonchev–Trinajstić information content (AvgIpc) is 2.82. The summed E-state index contributed by atoms with van der Waals surface area (Å²) in [7, 11) is 0. The number of aryl methyl sites for hydroxylation is 1. The summed E-state index contributed by atoms with van der Waals surface area (Å²) in [5, 5.41) is 7.67. The molecule has 0 unspecified atom stereocenters. The molecule has 1 amide bonds. The van der Waals surface area contributed by atoms with Crippen LogP contribution in [0.2, 0.25) is 0 Å². The second-order valence-corrected chi connectivity index (χ2v) is 9.21. The van der Waals surface area contributed by atoms with Gasteiger partial charge in [-0.05, 0) is 91.5 Å². The summed E-state index contributed by atoms with van der Waals surface area (Å²) < 4.78 is 2.72.